The highest BCUT2D eigenvalue weighted by molar-refractivity contribution is 5.94. The smallest absolute Gasteiger partial charge is 0.274 e. The first-order chi connectivity index (χ1) is 15.5. The minimum atomic E-state index is -0.231. The molecule has 1 aliphatic heterocycles. The molecule has 6 heteroatoms. The zero-order valence-electron chi connectivity index (χ0n) is 18.4. The van der Waals surface area contributed by atoms with Crippen LogP contribution in [0.25, 0.3) is 0 Å². The van der Waals surface area contributed by atoms with Crippen LogP contribution in [0.3, 0.4) is 0 Å². The maximum Gasteiger partial charge on any atom is 0.274 e. The molecule has 1 aromatic heterocycles. The fourth-order valence-electron chi connectivity index (χ4n) is 4.78. The number of rotatable bonds is 6. The van der Waals surface area contributed by atoms with Gasteiger partial charge in [0, 0.05) is 43.4 Å². The van der Waals surface area contributed by atoms with E-state index in [1.54, 1.807) is 13.1 Å². The summed E-state index contributed by atoms with van der Waals surface area (Å²) in [7, 11) is 2.10. The molecule has 0 saturated heterocycles. The average molecular weight is 426 g/mol. The summed E-state index contributed by atoms with van der Waals surface area (Å²) in [6, 6.07) is 14.5. The lowest BCUT2D eigenvalue weighted by Gasteiger charge is -2.28. The van der Waals surface area contributed by atoms with E-state index in [0.29, 0.717) is 11.4 Å². The van der Waals surface area contributed by atoms with Crippen molar-refractivity contribution in [1.29, 1.82) is 5.41 Å². The molecule has 2 heterocycles. The predicted molar refractivity (Wildman–Crippen MR) is 126 cm³/mol. The SMILES string of the molecule is CC(=N)C1C=C(NC(=O)c2cc(C34CC3N=C(Cc3ccccc3)N4C)ccn2)C=CC1. The van der Waals surface area contributed by atoms with Crippen LogP contribution in [0.1, 0.15) is 41.4 Å². The topological polar surface area (TPSA) is 81.4 Å². The molecule has 3 aliphatic rings. The minimum Gasteiger partial charge on any atom is -0.351 e. The Morgan fingerprint density at radius 3 is 2.88 bits per heavy atom. The summed E-state index contributed by atoms with van der Waals surface area (Å²) in [6.45, 7) is 1.79. The lowest BCUT2D eigenvalue weighted by Crippen LogP contribution is -2.36. The third kappa shape index (κ3) is 3.55. The standard InChI is InChI=1S/C26H27N5O/c1-17(27)19-9-6-10-21(14-19)29-25(32)22-15-20(11-12-28-22)26-16-23(26)30-24(31(26)2)13-18-7-4-3-5-8-18/h3-8,10-12,14-15,19,23,27H,9,13,16H2,1-2H3,(H,29,32). The third-order valence-corrected chi connectivity index (χ3v) is 6.77. The number of nitrogens with one attached hydrogen (secondary N) is 2. The first-order valence-corrected chi connectivity index (χ1v) is 11.0. The molecule has 3 atom stereocenters. The van der Waals surface area contributed by atoms with Crippen molar-refractivity contribution in [1.82, 2.24) is 15.2 Å². The van der Waals surface area contributed by atoms with E-state index in [0.717, 1.165) is 36.4 Å². The summed E-state index contributed by atoms with van der Waals surface area (Å²) >= 11 is 0. The Kier molecular flexibility index (Phi) is 5.00. The molecular formula is C26H27N5O. The molecule has 0 radical (unpaired) electrons. The Balaban J connectivity index is 1.32. The molecule has 1 aromatic carbocycles. The van der Waals surface area contributed by atoms with Gasteiger partial charge < -0.3 is 15.6 Å². The number of nitrogens with zero attached hydrogens (tertiary/aromatic N) is 3. The second-order valence-electron chi connectivity index (χ2n) is 8.84. The number of pyridine rings is 1. The zero-order chi connectivity index (χ0) is 22.3. The van der Waals surface area contributed by atoms with Crippen LogP contribution < -0.4 is 5.32 Å². The van der Waals surface area contributed by atoms with E-state index < -0.39 is 0 Å². The van der Waals surface area contributed by atoms with E-state index in [2.05, 4.69) is 46.5 Å². The molecule has 0 bridgehead atoms. The van der Waals surface area contributed by atoms with Gasteiger partial charge in [-0.15, -0.1) is 0 Å². The highest BCUT2D eigenvalue weighted by Crippen LogP contribution is 2.56. The van der Waals surface area contributed by atoms with Crippen LogP contribution >= 0.6 is 0 Å². The molecule has 32 heavy (non-hydrogen) atoms. The van der Waals surface area contributed by atoms with Crippen LogP contribution in [-0.4, -0.2) is 40.4 Å². The maximum absolute atomic E-state index is 12.9. The Morgan fingerprint density at radius 1 is 1.28 bits per heavy atom. The van der Waals surface area contributed by atoms with Gasteiger partial charge in [0.15, 0.2) is 0 Å². The van der Waals surface area contributed by atoms with Crippen molar-refractivity contribution in [3.05, 3.63) is 89.4 Å². The van der Waals surface area contributed by atoms with Gasteiger partial charge >= 0.3 is 0 Å². The van der Waals surface area contributed by atoms with Gasteiger partial charge in [-0.05, 0) is 42.7 Å². The molecule has 6 nitrogen and oxygen atoms in total. The molecule has 2 aromatic rings. The predicted octanol–water partition coefficient (Wildman–Crippen LogP) is 3.87. The third-order valence-electron chi connectivity index (χ3n) is 6.77. The summed E-state index contributed by atoms with van der Waals surface area (Å²) < 4.78 is 0. The number of likely N-dealkylation sites (N-methyl/N-ethyl adjacent to an activating group) is 1. The fourth-order valence-corrected chi connectivity index (χ4v) is 4.78. The fraction of sp³-hybridized carbons (Fsp3) is 0.308. The summed E-state index contributed by atoms with van der Waals surface area (Å²) in [5.41, 5.74) is 3.87. The quantitative estimate of drug-likeness (QED) is 0.690. The summed E-state index contributed by atoms with van der Waals surface area (Å²) in [6.07, 6.45) is 10.1. The number of amides is 1. The van der Waals surface area contributed by atoms with Gasteiger partial charge in [-0.2, -0.15) is 0 Å². The first-order valence-electron chi connectivity index (χ1n) is 11.0. The van der Waals surface area contributed by atoms with Crippen molar-refractivity contribution in [3.8, 4) is 0 Å². The van der Waals surface area contributed by atoms with Crippen molar-refractivity contribution in [2.24, 2.45) is 10.9 Å². The van der Waals surface area contributed by atoms with Gasteiger partial charge in [-0.25, -0.2) is 0 Å². The molecule has 2 aliphatic carbocycles. The lowest BCUT2D eigenvalue weighted by atomic mass is 9.95. The zero-order valence-corrected chi connectivity index (χ0v) is 18.4. The van der Waals surface area contributed by atoms with Crippen molar-refractivity contribution >= 4 is 17.5 Å². The molecule has 5 rings (SSSR count). The highest BCUT2D eigenvalue weighted by atomic mass is 16.1. The Morgan fingerprint density at radius 2 is 2.09 bits per heavy atom. The van der Waals surface area contributed by atoms with Gasteiger partial charge in [-0.1, -0.05) is 42.5 Å². The average Bonchev–Trinajstić information content (AvgIpc) is 3.47. The van der Waals surface area contributed by atoms with Crippen LogP contribution in [-0.2, 0) is 12.0 Å². The molecule has 1 fully saturated rings. The molecule has 2 N–H and O–H groups in total. The number of aromatic nitrogens is 1. The highest BCUT2D eigenvalue weighted by Gasteiger charge is 2.63. The number of hydrogen-bond donors (Lipinski definition) is 2. The minimum absolute atomic E-state index is 0.0352. The summed E-state index contributed by atoms with van der Waals surface area (Å²) in [5.74, 6) is 0.888. The largest absolute Gasteiger partial charge is 0.351 e. The second kappa shape index (κ2) is 7.86. The molecular weight excluding hydrogens is 398 g/mol. The van der Waals surface area contributed by atoms with Crippen molar-refractivity contribution in [3.63, 3.8) is 0 Å². The van der Waals surface area contributed by atoms with Gasteiger partial charge in [-0.3, -0.25) is 14.8 Å². The number of allylic oxidation sites excluding steroid dienone is 3. The van der Waals surface area contributed by atoms with E-state index in [-0.39, 0.29) is 23.4 Å². The molecule has 162 valence electrons. The first kappa shape index (κ1) is 20.4. The second-order valence-corrected chi connectivity index (χ2v) is 8.84. The van der Waals surface area contributed by atoms with Gasteiger partial charge in [0.1, 0.15) is 11.5 Å². The number of amidine groups is 1. The number of fused-ring (bicyclic) bond motifs is 1. The maximum atomic E-state index is 12.9. The molecule has 0 spiro atoms. The van der Waals surface area contributed by atoms with Crippen molar-refractivity contribution in [2.75, 3.05) is 7.05 Å². The van der Waals surface area contributed by atoms with E-state index in [1.807, 2.05) is 36.4 Å². The molecule has 1 amide bonds. The van der Waals surface area contributed by atoms with Crippen LogP contribution in [0.15, 0.2) is 77.6 Å². The van der Waals surface area contributed by atoms with Gasteiger partial charge in [0.2, 0.25) is 0 Å². The number of carbonyl (C=O) groups excluding carboxylic acids is 1. The monoisotopic (exact) mass is 425 g/mol. The van der Waals surface area contributed by atoms with Gasteiger partial charge in [0.25, 0.3) is 5.91 Å². The van der Waals surface area contributed by atoms with E-state index in [4.69, 9.17) is 10.4 Å². The lowest BCUT2D eigenvalue weighted by molar-refractivity contribution is 0.0961. The van der Waals surface area contributed by atoms with Crippen LogP contribution in [0, 0.1) is 11.3 Å². The Hall–Kier alpha value is -3.54. The number of carbonyl (C=O) groups is 1. The van der Waals surface area contributed by atoms with Crippen LogP contribution in [0.4, 0.5) is 0 Å². The molecule has 1 saturated carbocycles. The summed E-state index contributed by atoms with van der Waals surface area (Å²) in [4.78, 5) is 24.5. The van der Waals surface area contributed by atoms with Gasteiger partial charge in [0.05, 0.1) is 11.6 Å². The van der Waals surface area contributed by atoms with Crippen LogP contribution in [0.5, 0.6) is 0 Å². The Labute approximate surface area is 188 Å². The normalized spacial score (nSPS) is 25.6. The molecule has 3 unspecified atom stereocenters. The van der Waals surface area contributed by atoms with Crippen molar-refractivity contribution in [2.45, 2.75) is 37.8 Å². The van der Waals surface area contributed by atoms with E-state index in [9.17, 15) is 4.79 Å². The van der Waals surface area contributed by atoms with Crippen LogP contribution in [0.2, 0.25) is 0 Å². The van der Waals surface area contributed by atoms with E-state index >= 15 is 0 Å². The van der Waals surface area contributed by atoms with Crippen molar-refractivity contribution < 1.29 is 4.79 Å². The summed E-state index contributed by atoms with van der Waals surface area (Å²) in [5, 5.41) is 10.8. The van der Waals surface area contributed by atoms with E-state index in [1.165, 1.54) is 5.56 Å². The Bertz CT molecular complexity index is 1170. The number of hydrogen-bond acceptors (Lipinski definition) is 5. The number of aliphatic imine (C=N–C) groups is 1. The number of benzene rings is 1.